The first-order valence-electron chi connectivity index (χ1n) is 11.0. The molecule has 0 radical (unpaired) electrons. The smallest absolute Gasteiger partial charge is 0.323 e. The number of thioether (sulfide) groups is 1. The number of unbranched alkanes of at least 4 members (excludes halogenated alkanes) is 1. The van der Waals surface area contributed by atoms with Crippen molar-refractivity contribution in [3.63, 3.8) is 0 Å². The predicted octanol–water partition coefficient (Wildman–Crippen LogP) is 7.15. The van der Waals surface area contributed by atoms with Crippen LogP contribution in [0.15, 0.2) is 47.4 Å². The molecule has 5 nitrogen and oxygen atoms in total. The Hall–Kier alpha value is -2.47. The molecular weight excluding hydrogens is 392 g/mol. The molecule has 30 heavy (non-hydrogen) atoms. The van der Waals surface area contributed by atoms with E-state index >= 15 is 0 Å². The summed E-state index contributed by atoms with van der Waals surface area (Å²) in [6.07, 6.45) is 8.63. The van der Waals surface area contributed by atoms with Crippen LogP contribution in [-0.4, -0.2) is 21.8 Å². The molecule has 0 spiro atoms. The van der Waals surface area contributed by atoms with E-state index in [4.69, 9.17) is 4.98 Å². The number of para-hydroxylation sites is 1. The van der Waals surface area contributed by atoms with E-state index in [1.54, 1.807) is 11.8 Å². The summed E-state index contributed by atoms with van der Waals surface area (Å²) in [6, 6.07) is 13.4. The monoisotopic (exact) mass is 422 g/mol. The summed E-state index contributed by atoms with van der Waals surface area (Å²) in [5.41, 5.74) is 3.57. The van der Waals surface area contributed by atoms with Crippen LogP contribution in [0.5, 0.6) is 0 Å². The van der Waals surface area contributed by atoms with Gasteiger partial charge in [-0.1, -0.05) is 50.8 Å². The van der Waals surface area contributed by atoms with Crippen LogP contribution in [0.2, 0.25) is 0 Å². The summed E-state index contributed by atoms with van der Waals surface area (Å²) in [4.78, 5) is 22.1. The van der Waals surface area contributed by atoms with Gasteiger partial charge in [0.2, 0.25) is 0 Å². The zero-order valence-corrected chi connectivity index (χ0v) is 18.4. The highest BCUT2D eigenvalue weighted by Gasteiger charge is 2.20. The molecule has 0 aliphatic heterocycles. The van der Waals surface area contributed by atoms with Gasteiger partial charge in [0, 0.05) is 16.5 Å². The summed E-state index contributed by atoms with van der Waals surface area (Å²) in [6.45, 7) is 2.20. The van der Waals surface area contributed by atoms with Crippen molar-refractivity contribution in [3.05, 3.63) is 48.3 Å². The van der Waals surface area contributed by atoms with Crippen molar-refractivity contribution in [1.29, 1.82) is 0 Å². The molecule has 1 aliphatic carbocycles. The normalized spacial score (nSPS) is 14.7. The molecule has 2 aromatic carbocycles. The van der Waals surface area contributed by atoms with Crippen molar-refractivity contribution in [2.45, 2.75) is 62.7 Å². The SMILES string of the molecule is CCCCSc1cc2[nH]c(C3CCCCC3)nc2cc1NC(=O)Nc1ccccc1. The minimum Gasteiger partial charge on any atom is -0.342 e. The summed E-state index contributed by atoms with van der Waals surface area (Å²) in [7, 11) is 0. The van der Waals surface area contributed by atoms with E-state index in [0.717, 1.165) is 51.7 Å². The fraction of sp³-hybridized carbons (Fsp3) is 0.417. The van der Waals surface area contributed by atoms with Gasteiger partial charge in [0.25, 0.3) is 0 Å². The second kappa shape index (κ2) is 10.0. The topological polar surface area (TPSA) is 69.8 Å². The number of urea groups is 1. The highest BCUT2D eigenvalue weighted by atomic mass is 32.2. The Labute approximate surface area is 182 Å². The Balaban J connectivity index is 1.57. The third-order valence-electron chi connectivity index (χ3n) is 5.63. The third kappa shape index (κ3) is 5.17. The van der Waals surface area contributed by atoms with Crippen molar-refractivity contribution < 1.29 is 4.79 Å². The second-order valence-electron chi connectivity index (χ2n) is 7.97. The molecule has 0 bridgehead atoms. The molecule has 1 heterocycles. The molecule has 1 aliphatic rings. The number of hydrogen-bond acceptors (Lipinski definition) is 3. The maximum atomic E-state index is 12.6. The zero-order valence-electron chi connectivity index (χ0n) is 17.5. The van der Waals surface area contributed by atoms with Gasteiger partial charge in [-0.25, -0.2) is 9.78 Å². The molecule has 0 atom stereocenters. The number of nitrogens with one attached hydrogen (secondary N) is 3. The largest absolute Gasteiger partial charge is 0.342 e. The highest BCUT2D eigenvalue weighted by Crippen LogP contribution is 2.35. The number of aromatic amines is 1. The number of fused-ring (bicyclic) bond motifs is 1. The Kier molecular flexibility index (Phi) is 6.95. The third-order valence-corrected chi connectivity index (χ3v) is 6.77. The van der Waals surface area contributed by atoms with Crippen LogP contribution in [0.4, 0.5) is 16.2 Å². The van der Waals surface area contributed by atoms with Gasteiger partial charge in [0.1, 0.15) is 5.82 Å². The quantitative estimate of drug-likeness (QED) is 0.280. The van der Waals surface area contributed by atoms with Crippen molar-refractivity contribution in [3.8, 4) is 0 Å². The molecule has 3 N–H and O–H groups in total. The van der Waals surface area contributed by atoms with Crippen LogP contribution in [0, 0.1) is 0 Å². The maximum Gasteiger partial charge on any atom is 0.323 e. The molecular formula is C24H30N4OS. The van der Waals surface area contributed by atoms with Gasteiger partial charge in [-0.05, 0) is 49.3 Å². The first-order chi connectivity index (χ1) is 14.7. The van der Waals surface area contributed by atoms with Gasteiger partial charge in [0.15, 0.2) is 0 Å². The molecule has 1 aromatic heterocycles. The van der Waals surface area contributed by atoms with Crippen molar-refractivity contribution in [1.82, 2.24) is 9.97 Å². The van der Waals surface area contributed by atoms with Gasteiger partial charge >= 0.3 is 6.03 Å². The van der Waals surface area contributed by atoms with Crippen molar-refractivity contribution >= 4 is 40.2 Å². The fourth-order valence-electron chi connectivity index (χ4n) is 3.98. The number of carbonyl (C=O) groups is 1. The van der Waals surface area contributed by atoms with Crippen LogP contribution in [-0.2, 0) is 0 Å². The minimum atomic E-state index is -0.235. The second-order valence-corrected chi connectivity index (χ2v) is 9.11. The van der Waals surface area contributed by atoms with E-state index in [1.807, 2.05) is 36.4 Å². The molecule has 1 saturated carbocycles. The summed E-state index contributed by atoms with van der Waals surface area (Å²) < 4.78 is 0. The molecule has 0 saturated heterocycles. The van der Waals surface area contributed by atoms with Gasteiger partial charge in [-0.15, -0.1) is 11.8 Å². The Morgan fingerprint density at radius 1 is 1.13 bits per heavy atom. The minimum absolute atomic E-state index is 0.235. The lowest BCUT2D eigenvalue weighted by molar-refractivity contribution is 0.262. The highest BCUT2D eigenvalue weighted by molar-refractivity contribution is 7.99. The van der Waals surface area contributed by atoms with E-state index in [-0.39, 0.29) is 6.03 Å². The molecule has 3 aromatic rings. The average molecular weight is 423 g/mol. The number of imidazole rings is 1. The van der Waals surface area contributed by atoms with E-state index in [2.05, 4.69) is 28.6 Å². The van der Waals surface area contributed by atoms with Crippen molar-refractivity contribution in [2.75, 3.05) is 16.4 Å². The van der Waals surface area contributed by atoms with E-state index in [1.165, 1.54) is 32.1 Å². The van der Waals surface area contributed by atoms with Gasteiger partial charge < -0.3 is 15.6 Å². The Morgan fingerprint density at radius 2 is 1.93 bits per heavy atom. The van der Waals surface area contributed by atoms with Crippen LogP contribution >= 0.6 is 11.8 Å². The standard InChI is InChI=1S/C24H30N4OS/c1-2-3-14-30-22-16-20-19(26-23(27-20)17-10-6-4-7-11-17)15-21(22)28-24(29)25-18-12-8-5-9-13-18/h5,8-9,12-13,15-17H,2-4,6-7,10-11,14H2,1H3,(H,26,27)(H2,25,28,29). The van der Waals surface area contributed by atoms with E-state index in [0.29, 0.717) is 5.92 Å². The van der Waals surface area contributed by atoms with Gasteiger partial charge in [0.05, 0.1) is 16.7 Å². The number of carbonyl (C=O) groups excluding carboxylic acids is 1. The van der Waals surface area contributed by atoms with Gasteiger partial charge in [-0.2, -0.15) is 0 Å². The summed E-state index contributed by atoms with van der Waals surface area (Å²) >= 11 is 1.79. The summed E-state index contributed by atoms with van der Waals surface area (Å²) in [5, 5.41) is 5.94. The maximum absolute atomic E-state index is 12.6. The lowest BCUT2D eigenvalue weighted by atomic mass is 9.89. The van der Waals surface area contributed by atoms with E-state index in [9.17, 15) is 4.79 Å². The number of anilines is 2. The number of amides is 2. The molecule has 6 heteroatoms. The number of nitrogens with zero attached hydrogens (tertiary/aromatic N) is 1. The Bertz CT molecular complexity index is 980. The van der Waals surface area contributed by atoms with E-state index < -0.39 is 0 Å². The van der Waals surface area contributed by atoms with Crippen LogP contribution in [0.25, 0.3) is 11.0 Å². The average Bonchev–Trinajstić information content (AvgIpc) is 3.18. The molecule has 1 fully saturated rings. The number of hydrogen-bond donors (Lipinski definition) is 3. The lowest BCUT2D eigenvalue weighted by Crippen LogP contribution is -2.19. The Morgan fingerprint density at radius 3 is 2.70 bits per heavy atom. The van der Waals surface area contributed by atoms with Gasteiger partial charge in [-0.3, -0.25) is 0 Å². The predicted molar refractivity (Wildman–Crippen MR) is 127 cm³/mol. The number of H-pyrrole nitrogens is 1. The van der Waals surface area contributed by atoms with Crippen molar-refractivity contribution in [2.24, 2.45) is 0 Å². The lowest BCUT2D eigenvalue weighted by Gasteiger charge is -2.18. The van der Waals surface area contributed by atoms with Crippen LogP contribution in [0.3, 0.4) is 0 Å². The summed E-state index contributed by atoms with van der Waals surface area (Å²) in [5.74, 6) is 2.65. The fourth-order valence-corrected chi connectivity index (χ4v) is 5.10. The van der Waals surface area contributed by atoms with Crippen LogP contribution < -0.4 is 10.6 Å². The first kappa shape index (κ1) is 20.8. The first-order valence-corrected chi connectivity index (χ1v) is 12.0. The number of benzene rings is 2. The molecule has 4 rings (SSSR count). The van der Waals surface area contributed by atoms with Crippen LogP contribution in [0.1, 0.15) is 63.6 Å². The molecule has 0 unspecified atom stereocenters. The zero-order chi connectivity index (χ0) is 20.8. The number of rotatable bonds is 7. The molecule has 2 amide bonds. The molecule has 158 valence electrons. The number of aromatic nitrogens is 2.